The summed E-state index contributed by atoms with van der Waals surface area (Å²) >= 11 is 0. The van der Waals surface area contributed by atoms with Gasteiger partial charge in [-0.3, -0.25) is 0 Å². The fourth-order valence-electron chi connectivity index (χ4n) is 3.14. The highest BCUT2D eigenvalue weighted by molar-refractivity contribution is 5.42. The van der Waals surface area contributed by atoms with E-state index >= 15 is 0 Å². The largest absolute Gasteiger partial charge is 0.493 e. The molecule has 3 aliphatic rings. The number of allylic oxidation sites excluding steroid dienone is 6. The highest BCUT2D eigenvalue weighted by Gasteiger charge is 2.48. The van der Waals surface area contributed by atoms with Crippen molar-refractivity contribution in [2.45, 2.75) is 39.2 Å². The van der Waals surface area contributed by atoms with E-state index in [0.717, 1.165) is 12.3 Å². The van der Waals surface area contributed by atoms with E-state index in [1.54, 1.807) is 0 Å². The molecule has 0 aromatic heterocycles. The van der Waals surface area contributed by atoms with Gasteiger partial charge in [-0.25, -0.2) is 0 Å². The average Bonchev–Trinajstić information content (AvgIpc) is 2.85. The smallest absolute Gasteiger partial charge is 0.107 e. The molecular formula is C14H18O. The van der Waals surface area contributed by atoms with Crippen molar-refractivity contribution in [3.63, 3.8) is 0 Å². The molecular weight excluding hydrogens is 184 g/mol. The summed E-state index contributed by atoms with van der Waals surface area (Å²) in [6, 6.07) is 0. The maximum atomic E-state index is 6.16. The second kappa shape index (κ2) is 3.01. The average molecular weight is 202 g/mol. The normalized spacial score (nSPS) is 36.1. The van der Waals surface area contributed by atoms with E-state index in [1.165, 1.54) is 24.2 Å². The first-order valence-electron chi connectivity index (χ1n) is 5.91. The van der Waals surface area contributed by atoms with Crippen LogP contribution in [0.15, 0.2) is 35.6 Å². The van der Waals surface area contributed by atoms with Crippen molar-refractivity contribution in [3.8, 4) is 0 Å². The monoisotopic (exact) mass is 202 g/mol. The number of hydrogen-bond acceptors (Lipinski definition) is 1. The Balaban J connectivity index is 1.88. The third kappa shape index (κ3) is 1.37. The van der Waals surface area contributed by atoms with Gasteiger partial charge in [-0.1, -0.05) is 38.2 Å². The standard InChI is InChI=1S/C14H18O/c1-14(2)8-7-11-9-12(15-13(11)14)10-5-3-4-6-10/h3-6,11,13H,7-9H2,1-2H3/t11-,13+/m1/s1. The van der Waals surface area contributed by atoms with Gasteiger partial charge in [-0.05, 0) is 12.8 Å². The summed E-state index contributed by atoms with van der Waals surface area (Å²) in [4.78, 5) is 0. The van der Waals surface area contributed by atoms with E-state index in [4.69, 9.17) is 4.74 Å². The van der Waals surface area contributed by atoms with E-state index in [2.05, 4.69) is 38.2 Å². The third-order valence-electron chi connectivity index (χ3n) is 4.06. The van der Waals surface area contributed by atoms with Gasteiger partial charge in [-0.15, -0.1) is 0 Å². The van der Waals surface area contributed by atoms with Gasteiger partial charge in [0.2, 0.25) is 0 Å². The first kappa shape index (κ1) is 9.26. The topological polar surface area (TPSA) is 9.23 Å². The molecule has 0 bridgehead atoms. The van der Waals surface area contributed by atoms with Crippen LogP contribution in [-0.2, 0) is 4.74 Å². The van der Waals surface area contributed by atoms with Crippen molar-refractivity contribution in [1.29, 1.82) is 0 Å². The van der Waals surface area contributed by atoms with E-state index in [1.807, 2.05) is 0 Å². The predicted molar refractivity (Wildman–Crippen MR) is 61.3 cm³/mol. The van der Waals surface area contributed by atoms with Gasteiger partial charge in [0.15, 0.2) is 0 Å². The van der Waals surface area contributed by atoms with E-state index in [9.17, 15) is 0 Å². The van der Waals surface area contributed by atoms with Crippen molar-refractivity contribution >= 4 is 0 Å². The molecule has 0 aromatic rings. The van der Waals surface area contributed by atoms with Crippen LogP contribution >= 0.6 is 0 Å². The van der Waals surface area contributed by atoms with Gasteiger partial charge in [0.25, 0.3) is 0 Å². The summed E-state index contributed by atoms with van der Waals surface area (Å²) in [7, 11) is 0. The molecule has 0 spiro atoms. The van der Waals surface area contributed by atoms with Crippen LogP contribution in [0.3, 0.4) is 0 Å². The van der Waals surface area contributed by atoms with E-state index in [0.29, 0.717) is 11.5 Å². The molecule has 1 heteroatoms. The Kier molecular flexibility index (Phi) is 1.86. The lowest BCUT2D eigenvalue weighted by atomic mass is 9.87. The Hall–Kier alpha value is -0.980. The van der Waals surface area contributed by atoms with Crippen LogP contribution in [0.5, 0.6) is 0 Å². The zero-order chi connectivity index (χ0) is 10.5. The number of fused-ring (bicyclic) bond motifs is 1. The number of ether oxygens (including phenoxy) is 1. The molecule has 15 heavy (non-hydrogen) atoms. The Bertz CT molecular complexity index is 357. The van der Waals surface area contributed by atoms with Crippen molar-refractivity contribution in [2.75, 3.05) is 0 Å². The van der Waals surface area contributed by atoms with Crippen LogP contribution < -0.4 is 0 Å². The summed E-state index contributed by atoms with van der Waals surface area (Å²) in [6.45, 7) is 4.68. The van der Waals surface area contributed by atoms with Crippen LogP contribution in [0.2, 0.25) is 0 Å². The molecule has 3 rings (SSSR count). The first-order valence-corrected chi connectivity index (χ1v) is 5.91. The third-order valence-corrected chi connectivity index (χ3v) is 4.06. The Morgan fingerprint density at radius 1 is 1.27 bits per heavy atom. The minimum atomic E-state index is 0.374. The van der Waals surface area contributed by atoms with Gasteiger partial charge in [0.05, 0.1) is 0 Å². The molecule has 0 radical (unpaired) electrons. The molecule has 0 amide bonds. The van der Waals surface area contributed by atoms with Gasteiger partial charge < -0.3 is 4.74 Å². The molecule has 1 heterocycles. The summed E-state index contributed by atoms with van der Waals surface area (Å²) in [5, 5.41) is 0. The van der Waals surface area contributed by atoms with Gasteiger partial charge in [0, 0.05) is 23.3 Å². The second-order valence-electron chi connectivity index (χ2n) is 5.63. The van der Waals surface area contributed by atoms with Crippen LogP contribution in [0, 0.1) is 11.3 Å². The molecule has 1 saturated carbocycles. The molecule has 2 aliphatic carbocycles. The van der Waals surface area contributed by atoms with E-state index in [-0.39, 0.29) is 0 Å². The Morgan fingerprint density at radius 3 is 2.67 bits per heavy atom. The molecule has 1 aliphatic heterocycles. The minimum Gasteiger partial charge on any atom is -0.493 e. The maximum absolute atomic E-state index is 6.16. The van der Waals surface area contributed by atoms with Crippen molar-refractivity contribution in [3.05, 3.63) is 35.6 Å². The molecule has 2 atom stereocenters. The summed E-state index contributed by atoms with van der Waals surface area (Å²) < 4.78 is 6.16. The van der Waals surface area contributed by atoms with Gasteiger partial charge in [-0.2, -0.15) is 0 Å². The molecule has 1 nitrogen and oxygen atoms in total. The fraction of sp³-hybridized carbons (Fsp3) is 0.571. The highest BCUT2D eigenvalue weighted by atomic mass is 16.5. The summed E-state index contributed by atoms with van der Waals surface area (Å²) in [5.41, 5.74) is 1.67. The van der Waals surface area contributed by atoms with Crippen molar-refractivity contribution in [1.82, 2.24) is 0 Å². The molecule has 0 N–H and O–H groups in total. The fourth-order valence-corrected chi connectivity index (χ4v) is 3.14. The van der Waals surface area contributed by atoms with Crippen molar-refractivity contribution in [2.24, 2.45) is 11.3 Å². The van der Waals surface area contributed by atoms with E-state index < -0.39 is 0 Å². The van der Waals surface area contributed by atoms with Crippen LogP contribution in [0.4, 0.5) is 0 Å². The highest BCUT2D eigenvalue weighted by Crippen LogP contribution is 2.51. The number of rotatable bonds is 0. The SMILES string of the molecule is CC1(C)CC[C@@H]2CC(=C3C=CC=C3)O[C@@H]21. The van der Waals surface area contributed by atoms with Crippen LogP contribution in [-0.4, -0.2) is 6.10 Å². The zero-order valence-electron chi connectivity index (χ0n) is 9.49. The molecule has 1 saturated heterocycles. The lowest BCUT2D eigenvalue weighted by Crippen LogP contribution is -2.25. The second-order valence-corrected chi connectivity index (χ2v) is 5.63. The molecule has 2 fully saturated rings. The van der Waals surface area contributed by atoms with Crippen molar-refractivity contribution < 1.29 is 4.74 Å². The molecule has 0 unspecified atom stereocenters. The number of hydrogen-bond donors (Lipinski definition) is 0. The predicted octanol–water partition coefficient (Wildman–Crippen LogP) is 3.59. The molecule has 0 aromatic carbocycles. The van der Waals surface area contributed by atoms with Gasteiger partial charge in [0.1, 0.15) is 11.9 Å². The lowest BCUT2D eigenvalue weighted by Gasteiger charge is -2.25. The summed E-state index contributed by atoms with van der Waals surface area (Å²) in [6.07, 6.45) is 12.8. The Labute approximate surface area is 91.5 Å². The quantitative estimate of drug-likeness (QED) is 0.583. The van der Waals surface area contributed by atoms with Crippen LogP contribution in [0.25, 0.3) is 0 Å². The maximum Gasteiger partial charge on any atom is 0.107 e. The van der Waals surface area contributed by atoms with Crippen LogP contribution in [0.1, 0.15) is 33.1 Å². The first-order chi connectivity index (χ1) is 7.17. The lowest BCUT2D eigenvalue weighted by molar-refractivity contribution is 0.0573. The summed E-state index contributed by atoms with van der Waals surface area (Å²) in [5.74, 6) is 1.99. The minimum absolute atomic E-state index is 0.374. The van der Waals surface area contributed by atoms with Gasteiger partial charge >= 0.3 is 0 Å². The zero-order valence-corrected chi connectivity index (χ0v) is 9.49. The molecule has 80 valence electrons. The Morgan fingerprint density at radius 2 is 2.00 bits per heavy atom.